The van der Waals surface area contributed by atoms with Gasteiger partial charge in [-0.25, -0.2) is 4.79 Å². The molecule has 2 aliphatic rings. The van der Waals surface area contributed by atoms with E-state index in [4.69, 9.17) is 9.47 Å². The standard InChI is InChI=1S/C32H32N2O7/c35-29(36)17-22-11-8-16-34(22)31(38)28(18-30(37)40-19-21-9-2-1-3-10-21)33-32(39)41-20-27-25-14-6-4-12-23(25)24-13-5-7-15-26(24)27/h1-7,9-10,12-15,22,27-28H,8,11,16-20H2,(H,33,39)(H,35,36)/t22-,28-/m0/s1. The van der Waals surface area contributed by atoms with Crippen LogP contribution in [0.25, 0.3) is 11.1 Å². The summed E-state index contributed by atoms with van der Waals surface area (Å²) in [6, 6.07) is 23.3. The van der Waals surface area contributed by atoms with Gasteiger partial charge in [-0.1, -0.05) is 78.9 Å². The van der Waals surface area contributed by atoms with Gasteiger partial charge in [0.15, 0.2) is 0 Å². The largest absolute Gasteiger partial charge is 0.481 e. The summed E-state index contributed by atoms with van der Waals surface area (Å²) < 4.78 is 11.0. The summed E-state index contributed by atoms with van der Waals surface area (Å²) in [5.74, 6) is -2.38. The summed E-state index contributed by atoms with van der Waals surface area (Å²) in [6.07, 6.45) is -0.280. The summed E-state index contributed by atoms with van der Waals surface area (Å²) in [5.41, 5.74) is 5.06. The third-order valence-corrected chi connectivity index (χ3v) is 7.62. The van der Waals surface area contributed by atoms with Crippen molar-refractivity contribution >= 4 is 23.9 Å². The zero-order chi connectivity index (χ0) is 28.8. The Bertz CT molecular complexity index is 1380. The molecule has 3 aromatic rings. The van der Waals surface area contributed by atoms with Gasteiger partial charge in [0, 0.05) is 18.5 Å². The average Bonchev–Trinajstić information content (AvgIpc) is 3.56. The first-order chi connectivity index (χ1) is 19.9. The number of benzene rings is 3. The number of rotatable bonds is 10. The molecule has 0 saturated carbocycles. The van der Waals surface area contributed by atoms with E-state index in [0.29, 0.717) is 19.4 Å². The van der Waals surface area contributed by atoms with Gasteiger partial charge in [-0.2, -0.15) is 0 Å². The average molecular weight is 557 g/mol. The Morgan fingerprint density at radius 1 is 0.878 bits per heavy atom. The maximum Gasteiger partial charge on any atom is 0.407 e. The topological polar surface area (TPSA) is 122 Å². The molecule has 5 rings (SSSR count). The van der Waals surface area contributed by atoms with E-state index in [9.17, 15) is 24.3 Å². The third-order valence-electron chi connectivity index (χ3n) is 7.62. The molecule has 41 heavy (non-hydrogen) atoms. The first-order valence-corrected chi connectivity index (χ1v) is 13.7. The summed E-state index contributed by atoms with van der Waals surface area (Å²) >= 11 is 0. The molecule has 2 amide bonds. The quantitative estimate of drug-likeness (QED) is 0.353. The number of hydrogen-bond acceptors (Lipinski definition) is 6. The smallest absolute Gasteiger partial charge is 0.407 e. The molecule has 1 aliphatic carbocycles. The lowest BCUT2D eigenvalue weighted by Gasteiger charge is -2.28. The van der Waals surface area contributed by atoms with Gasteiger partial charge in [0.2, 0.25) is 5.91 Å². The summed E-state index contributed by atoms with van der Waals surface area (Å²) in [5, 5.41) is 11.9. The van der Waals surface area contributed by atoms with Crippen LogP contribution in [0.5, 0.6) is 0 Å². The first-order valence-electron chi connectivity index (χ1n) is 13.7. The minimum atomic E-state index is -1.26. The van der Waals surface area contributed by atoms with Crippen LogP contribution in [0, 0.1) is 0 Å². The van der Waals surface area contributed by atoms with Gasteiger partial charge in [0.1, 0.15) is 19.3 Å². The Hall–Kier alpha value is -4.66. The van der Waals surface area contributed by atoms with E-state index in [0.717, 1.165) is 27.8 Å². The molecular formula is C32H32N2O7. The van der Waals surface area contributed by atoms with Crippen molar-refractivity contribution in [3.63, 3.8) is 0 Å². The molecule has 3 aromatic carbocycles. The van der Waals surface area contributed by atoms with Crippen molar-refractivity contribution in [3.05, 3.63) is 95.6 Å². The van der Waals surface area contributed by atoms with Gasteiger partial charge in [0.05, 0.1) is 12.8 Å². The molecule has 0 bridgehead atoms. The zero-order valence-corrected chi connectivity index (χ0v) is 22.5. The van der Waals surface area contributed by atoms with Crippen LogP contribution in [0.3, 0.4) is 0 Å². The van der Waals surface area contributed by atoms with E-state index in [2.05, 4.69) is 5.32 Å². The number of fused-ring (bicyclic) bond motifs is 3. The third kappa shape index (κ3) is 6.57. The van der Waals surface area contributed by atoms with E-state index >= 15 is 0 Å². The Morgan fingerprint density at radius 3 is 2.17 bits per heavy atom. The van der Waals surface area contributed by atoms with Crippen LogP contribution in [-0.2, 0) is 30.5 Å². The second-order valence-electron chi connectivity index (χ2n) is 10.3. The van der Waals surface area contributed by atoms with Crippen molar-refractivity contribution in [1.29, 1.82) is 0 Å². The van der Waals surface area contributed by atoms with Crippen LogP contribution in [0.2, 0.25) is 0 Å². The zero-order valence-electron chi connectivity index (χ0n) is 22.5. The number of ether oxygens (including phenoxy) is 2. The molecule has 1 aliphatic heterocycles. The van der Waals surface area contributed by atoms with Crippen molar-refractivity contribution in [2.24, 2.45) is 0 Å². The van der Waals surface area contributed by atoms with Crippen LogP contribution < -0.4 is 5.32 Å². The molecule has 0 spiro atoms. The van der Waals surface area contributed by atoms with E-state index in [-0.39, 0.29) is 25.6 Å². The fourth-order valence-corrected chi connectivity index (χ4v) is 5.69. The number of amides is 2. The number of carbonyl (C=O) groups is 4. The Kier molecular flexibility index (Phi) is 8.62. The monoisotopic (exact) mass is 556 g/mol. The molecule has 1 heterocycles. The number of nitrogens with zero attached hydrogens (tertiary/aromatic N) is 1. The summed E-state index contributed by atoms with van der Waals surface area (Å²) in [7, 11) is 0. The molecule has 0 unspecified atom stereocenters. The van der Waals surface area contributed by atoms with Crippen LogP contribution in [0.15, 0.2) is 78.9 Å². The molecular weight excluding hydrogens is 524 g/mol. The molecule has 2 N–H and O–H groups in total. The number of likely N-dealkylation sites (tertiary alicyclic amines) is 1. The summed E-state index contributed by atoms with van der Waals surface area (Å²) in [4.78, 5) is 52.1. The molecule has 212 valence electrons. The minimum Gasteiger partial charge on any atom is -0.481 e. The Morgan fingerprint density at radius 2 is 1.51 bits per heavy atom. The van der Waals surface area contributed by atoms with Gasteiger partial charge in [0.25, 0.3) is 0 Å². The van der Waals surface area contributed by atoms with Crippen LogP contribution in [0.4, 0.5) is 4.79 Å². The number of carboxylic acids is 1. The van der Waals surface area contributed by atoms with Crippen molar-refractivity contribution in [3.8, 4) is 11.1 Å². The highest BCUT2D eigenvalue weighted by atomic mass is 16.5. The van der Waals surface area contributed by atoms with Gasteiger partial charge in [-0.3, -0.25) is 14.4 Å². The number of carboxylic acid groups (broad SMARTS) is 1. The lowest BCUT2D eigenvalue weighted by Crippen LogP contribution is -2.51. The second-order valence-corrected chi connectivity index (χ2v) is 10.3. The minimum absolute atomic E-state index is 0.0247. The fourth-order valence-electron chi connectivity index (χ4n) is 5.69. The number of esters is 1. The van der Waals surface area contributed by atoms with Crippen LogP contribution in [0.1, 0.15) is 48.3 Å². The fraction of sp³-hybridized carbons (Fsp3) is 0.312. The lowest BCUT2D eigenvalue weighted by atomic mass is 9.98. The van der Waals surface area contributed by atoms with Gasteiger partial charge < -0.3 is 24.8 Å². The molecule has 2 atom stereocenters. The Balaban J connectivity index is 1.27. The maximum atomic E-state index is 13.5. The van der Waals surface area contributed by atoms with E-state index in [1.54, 1.807) is 0 Å². The highest BCUT2D eigenvalue weighted by Gasteiger charge is 2.37. The van der Waals surface area contributed by atoms with Crippen LogP contribution >= 0.6 is 0 Å². The van der Waals surface area contributed by atoms with Gasteiger partial charge in [-0.05, 0) is 40.7 Å². The van der Waals surface area contributed by atoms with Crippen molar-refractivity contribution in [2.75, 3.05) is 13.2 Å². The molecule has 9 nitrogen and oxygen atoms in total. The van der Waals surface area contributed by atoms with Crippen molar-refractivity contribution in [2.45, 2.75) is 50.3 Å². The number of carbonyl (C=O) groups excluding carboxylic acids is 3. The highest BCUT2D eigenvalue weighted by Crippen LogP contribution is 2.44. The van der Waals surface area contributed by atoms with Gasteiger partial charge >= 0.3 is 18.0 Å². The predicted molar refractivity (Wildman–Crippen MR) is 150 cm³/mol. The molecule has 0 radical (unpaired) electrons. The van der Waals surface area contributed by atoms with E-state index < -0.39 is 42.4 Å². The predicted octanol–water partition coefficient (Wildman–Crippen LogP) is 4.49. The van der Waals surface area contributed by atoms with E-state index in [1.165, 1.54) is 4.90 Å². The highest BCUT2D eigenvalue weighted by molar-refractivity contribution is 5.90. The summed E-state index contributed by atoms with van der Waals surface area (Å²) in [6.45, 7) is 0.417. The number of hydrogen-bond donors (Lipinski definition) is 2. The Labute approximate surface area is 238 Å². The van der Waals surface area contributed by atoms with E-state index in [1.807, 2.05) is 78.9 Å². The van der Waals surface area contributed by atoms with Crippen LogP contribution in [-0.4, -0.2) is 59.2 Å². The number of nitrogens with one attached hydrogen (secondary N) is 1. The molecule has 9 heteroatoms. The van der Waals surface area contributed by atoms with Gasteiger partial charge in [-0.15, -0.1) is 0 Å². The SMILES string of the molecule is O=C(O)C[C@@H]1CCCN1C(=O)[C@H](CC(=O)OCc1ccccc1)NC(=O)OCC1c2ccccc2-c2ccccc21. The molecule has 1 fully saturated rings. The lowest BCUT2D eigenvalue weighted by molar-refractivity contribution is -0.149. The second kappa shape index (κ2) is 12.7. The van der Waals surface area contributed by atoms with Crippen molar-refractivity contribution < 1.29 is 33.8 Å². The number of alkyl carbamates (subject to hydrolysis) is 1. The van der Waals surface area contributed by atoms with Crippen molar-refractivity contribution in [1.82, 2.24) is 10.2 Å². The molecule has 0 aromatic heterocycles. The molecule has 1 saturated heterocycles. The maximum absolute atomic E-state index is 13.5. The number of aliphatic carboxylic acids is 1. The first kappa shape index (κ1) is 27.9. The normalized spacial score (nSPS) is 16.4.